The van der Waals surface area contributed by atoms with Gasteiger partial charge in [-0.05, 0) is 30.4 Å². The van der Waals surface area contributed by atoms with Crippen LogP contribution in [-0.2, 0) is 15.0 Å². The van der Waals surface area contributed by atoms with E-state index in [4.69, 9.17) is 21.7 Å². The first-order valence-electron chi connectivity index (χ1n) is 9.16. The molecule has 0 spiro atoms. The average molecular weight is 418 g/mol. The molecule has 1 heterocycles. The average Bonchev–Trinajstić information content (AvgIpc) is 2.74. The fourth-order valence-corrected chi connectivity index (χ4v) is 3.95. The summed E-state index contributed by atoms with van der Waals surface area (Å²) in [5.74, 6) is -1.44. The second-order valence-electron chi connectivity index (χ2n) is 6.80. The highest BCUT2D eigenvalue weighted by atomic mass is 32.1. The molecule has 8 heteroatoms. The molecule has 0 radical (unpaired) electrons. The molecule has 1 fully saturated rings. The Hall–Kier alpha value is -2.39. The number of ether oxygens (including phenoxy) is 2. The summed E-state index contributed by atoms with van der Waals surface area (Å²) in [6.07, 6.45) is -0.492. The van der Waals surface area contributed by atoms with E-state index in [2.05, 4.69) is 10.6 Å². The lowest BCUT2D eigenvalue weighted by atomic mass is 9.74. The van der Waals surface area contributed by atoms with Crippen LogP contribution in [0.15, 0.2) is 54.6 Å². The van der Waals surface area contributed by atoms with Crippen LogP contribution in [-0.4, -0.2) is 49.2 Å². The second kappa shape index (κ2) is 9.41. The molecule has 1 aliphatic heterocycles. The van der Waals surface area contributed by atoms with E-state index in [-0.39, 0.29) is 30.5 Å². The van der Waals surface area contributed by atoms with E-state index in [9.17, 15) is 14.3 Å². The minimum atomic E-state index is -1.22. The zero-order chi connectivity index (χ0) is 20.9. The minimum absolute atomic E-state index is 0.000842. The van der Waals surface area contributed by atoms with E-state index < -0.39 is 29.3 Å². The van der Waals surface area contributed by atoms with Gasteiger partial charge in [0.25, 0.3) is 5.91 Å². The Balaban J connectivity index is 1.92. The molecule has 154 valence electrons. The van der Waals surface area contributed by atoms with Crippen molar-refractivity contribution in [2.75, 3.05) is 26.9 Å². The maximum Gasteiger partial charge on any atom is 0.257 e. The Morgan fingerprint density at radius 2 is 1.97 bits per heavy atom. The maximum absolute atomic E-state index is 14.8. The van der Waals surface area contributed by atoms with E-state index in [1.54, 1.807) is 48.5 Å². The van der Waals surface area contributed by atoms with Crippen LogP contribution < -0.4 is 10.6 Å². The summed E-state index contributed by atoms with van der Waals surface area (Å²) in [7, 11) is 1.50. The van der Waals surface area contributed by atoms with Gasteiger partial charge in [-0.1, -0.05) is 36.4 Å². The number of amides is 1. The van der Waals surface area contributed by atoms with Crippen LogP contribution in [0.1, 0.15) is 15.9 Å². The number of hydrogen-bond acceptors (Lipinski definition) is 5. The molecule has 1 amide bonds. The first-order valence-corrected chi connectivity index (χ1v) is 9.57. The molecule has 2 aromatic rings. The van der Waals surface area contributed by atoms with Gasteiger partial charge >= 0.3 is 0 Å². The van der Waals surface area contributed by atoms with Crippen molar-refractivity contribution in [3.63, 3.8) is 0 Å². The molecule has 1 aliphatic rings. The summed E-state index contributed by atoms with van der Waals surface area (Å²) < 4.78 is 25.9. The van der Waals surface area contributed by atoms with Crippen molar-refractivity contribution < 1.29 is 23.8 Å². The predicted octanol–water partition coefficient (Wildman–Crippen LogP) is 1.98. The molecular weight excluding hydrogens is 395 g/mol. The summed E-state index contributed by atoms with van der Waals surface area (Å²) in [5, 5.41) is 15.8. The van der Waals surface area contributed by atoms with Gasteiger partial charge in [0, 0.05) is 24.2 Å². The Morgan fingerprint density at radius 1 is 1.28 bits per heavy atom. The number of nitrogens with one attached hydrogen (secondary N) is 2. The summed E-state index contributed by atoms with van der Waals surface area (Å²) in [6, 6.07) is 14.8. The molecule has 0 aliphatic carbocycles. The van der Waals surface area contributed by atoms with Crippen LogP contribution in [0.5, 0.6) is 0 Å². The van der Waals surface area contributed by atoms with Gasteiger partial charge in [0.15, 0.2) is 5.11 Å². The third-order valence-corrected chi connectivity index (χ3v) is 5.35. The first kappa shape index (κ1) is 21.3. The largest absolute Gasteiger partial charge is 0.396 e. The van der Waals surface area contributed by atoms with Crippen molar-refractivity contribution in [1.82, 2.24) is 10.6 Å². The lowest BCUT2D eigenvalue weighted by molar-refractivity contribution is -0.128. The van der Waals surface area contributed by atoms with E-state index in [1.807, 2.05) is 0 Å². The third kappa shape index (κ3) is 4.45. The SMILES string of the molecule is CO[C@H]1COC[C@@](NC(=S)NC(=O)c2ccccc2)(c2ccccc2F)C1CO. The number of rotatable bonds is 5. The van der Waals surface area contributed by atoms with Crippen molar-refractivity contribution >= 4 is 23.2 Å². The van der Waals surface area contributed by atoms with Gasteiger partial charge < -0.3 is 19.9 Å². The fourth-order valence-electron chi connectivity index (χ4n) is 3.68. The molecule has 1 saturated heterocycles. The van der Waals surface area contributed by atoms with Crippen molar-refractivity contribution in [3.05, 3.63) is 71.5 Å². The highest BCUT2D eigenvalue weighted by molar-refractivity contribution is 7.80. The van der Waals surface area contributed by atoms with E-state index >= 15 is 0 Å². The Kier molecular flexibility index (Phi) is 6.92. The van der Waals surface area contributed by atoms with Gasteiger partial charge in [-0.2, -0.15) is 0 Å². The number of methoxy groups -OCH3 is 1. The maximum atomic E-state index is 14.8. The van der Waals surface area contributed by atoms with Gasteiger partial charge in [0.1, 0.15) is 5.82 Å². The van der Waals surface area contributed by atoms with E-state index in [1.165, 1.54) is 13.2 Å². The van der Waals surface area contributed by atoms with Crippen molar-refractivity contribution in [1.29, 1.82) is 0 Å². The van der Waals surface area contributed by atoms with Crippen molar-refractivity contribution in [3.8, 4) is 0 Å². The molecule has 3 atom stereocenters. The molecule has 0 bridgehead atoms. The molecule has 6 nitrogen and oxygen atoms in total. The van der Waals surface area contributed by atoms with Crippen LogP contribution in [0.25, 0.3) is 0 Å². The normalized spacial score (nSPS) is 24.0. The fraction of sp³-hybridized carbons (Fsp3) is 0.333. The summed E-state index contributed by atoms with van der Waals surface area (Å²) in [5.41, 5.74) is -0.512. The zero-order valence-corrected chi connectivity index (χ0v) is 16.7. The van der Waals surface area contributed by atoms with Crippen molar-refractivity contribution in [2.45, 2.75) is 11.6 Å². The number of halogens is 1. The minimum Gasteiger partial charge on any atom is -0.396 e. The van der Waals surface area contributed by atoms with Crippen LogP contribution in [0, 0.1) is 11.7 Å². The first-order chi connectivity index (χ1) is 14.0. The van der Waals surface area contributed by atoms with Gasteiger partial charge in [0.05, 0.1) is 31.5 Å². The smallest absolute Gasteiger partial charge is 0.257 e. The standard InChI is InChI=1S/C21H23FN2O4S/c1-27-18-12-28-13-21(16(18)11-25,15-9-5-6-10-17(15)22)24-20(29)23-19(26)14-7-3-2-4-8-14/h2-10,16,18,25H,11-13H2,1H3,(H2,23,24,26,29)/t16?,18-,21+/m0/s1. The van der Waals surface area contributed by atoms with Gasteiger partial charge in [-0.25, -0.2) is 4.39 Å². The lowest BCUT2D eigenvalue weighted by Gasteiger charge is -2.47. The number of aliphatic hydroxyl groups excluding tert-OH is 1. The van der Waals surface area contributed by atoms with Crippen LogP contribution in [0.2, 0.25) is 0 Å². The molecule has 29 heavy (non-hydrogen) atoms. The van der Waals surface area contributed by atoms with E-state index in [0.717, 1.165) is 0 Å². The summed E-state index contributed by atoms with van der Waals surface area (Å²) in [6.45, 7) is 0.00155. The van der Waals surface area contributed by atoms with Crippen LogP contribution in [0.3, 0.4) is 0 Å². The highest BCUT2D eigenvalue weighted by Gasteiger charge is 2.49. The molecule has 0 saturated carbocycles. The number of carbonyl (C=O) groups excluding carboxylic acids is 1. The number of hydrogen-bond donors (Lipinski definition) is 3. The molecular formula is C21H23FN2O4S. The second-order valence-corrected chi connectivity index (χ2v) is 7.21. The third-order valence-electron chi connectivity index (χ3n) is 5.15. The Labute approximate surface area is 174 Å². The number of carbonyl (C=O) groups is 1. The number of aliphatic hydroxyl groups is 1. The quantitative estimate of drug-likeness (QED) is 0.645. The summed E-state index contributed by atoms with van der Waals surface area (Å²) in [4.78, 5) is 12.5. The van der Waals surface area contributed by atoms with Crippen molar-refractivity contribution in [2.24, 2.45) is 5.92 Å². The topological polar surface area (TPSA) is 79.8 Å². The molecule has 0 aromatic heterocycles. The van der Waals surface area contributed by atoms with Crippen LogP contribution in [0.4, 0.5) is 4.39 Å². The number of benzene rings is 2. The van der Waals surface area contributed by atoms with Gasteiger partial charge in [-0.15, -0.1) is 0 Å². The zero-order valence-electron chi connectivity index (χ0n) is 15.9. The molecule has 3 rings (SSSR count). The Morgan fingerprint density at radius 3 is 2.62 bits per heavy atom. The van der Waals surface area contributed by atoms with Gasteiger partial charge in [-0.3, -0.25) is 10.1 Å². The monoisotopic (exact) mass is 418 g/mol. The summed E-state index contributed by atoms with van der Waals surface area (Å²) >= 11 is 5.36. The Bertz CT molecular complexity index is 867. The van der Waals surface area contributed by atoms with E-state index in [0.29, 0.717) is 5.56 Å². The van der Waals surface area contributed by atoms with Crippen LogP contribution >= 0.6 is 12.2 Å². The predicted molar refractivity (Wildman–Crippen MR) is 110 cm³/mol. The van der Waals surface area contributed by atoms with Gasteiger partial charge in [0.2, 0.25) is 0 Å². The molecule has 3 N–H and O–H groups in total. The number of thiocarbonyl (C=S) groups is 1. The lowest BCUT2D eigenvalue weighted by Crippen LogP contribution is -2.64. The molecule has 1 unspecified atom stereocenters. The highest BCUT2D eigenvalue weighted by Crippen LogP contribution is 2.38. The molecule has 2 aromatic carbocycles.